The van der Waals surface area contributed by atoms with Gasteiger partial charge in [-0.3, -0.25) is 9.59 Å². The molecule has 0 aromatic heterocycles. The Hall–Kier alpha value is -1.10. The number of carbonyl (C=O) groups excluding carboxylic acids is 2. The van der Waals surface area contributed by atoms with Crippen LogP contribution in [0.15, 0.2) is 0 Å². The molecule has 5 nitrogen and oxygen atoms in total. The molecule has 1 unspecified atom stereocenters. The molecule has 72 valence electrons. The number of hydrogen-bond acceptors (Lipinski definition) is 3. The monoisotopic (exact) mass is 183 g/mol. The zero-order valence-electron chi connectivity index (χ0n) is 7.30. The highest BCUT2D eigenvalue weighted by atomic mass is 16.2. The van der Waals surface area contributed by atoms with Crippen LogP contribution in [0.2, 0.25) is 0 Å². The maximum atomic E-state index is 11.4. The fourth-order valence-electron chi connectivity index (χ4n) is 1.52. The van der Waals surface area contributed by atoms with Crippen molar-refractivity contribution >= 4 is 11.8 Å². The molecule has 2 amide bonds. The first-order valence-corrected chi connectivity index (χ1v) is 4.59. The van der Waals surface area contributed by atoms with E-state index in [1.807, 2.05) is 0 Å². The van der Waals surface area contributed by atoms with Crippen LogP contribution in [-0.4, -0.2) is 37.0 Å². The highest BCUT2D eigenvalue weighted by molar-refractivity contribution is 5.91. The summed E-state index contributed by atoms with van der Waals surface area (Å²) in [5.74, 6) is -0.110. The van der Waals surface area contributed by atoms with E-state index in [0.29, 0.717) is 13.0 Å². The summed E-state index contributed by atoms with van der Waals surface area (Å²) in [7, 11) is 0. The van der Waals surface area contributed by atoms with E-state index in [1.54, 1.807) is 0 Å². The Morgan fingerprint density at radius 2 is 2.15 bits per heavy atom. The van der Waals surface area contributed by atoms with Crippen molar-refractivity contribution in [2.24, 2.45) is 0 Å². The van der Waals surface area contributed by atoms with Gasteiger partial charge in [0.1, 0.15) is 6.04 Å². The molecule has 0 bridgehead atoms. The lowest BCUT2D eigenvalue weighted by atomic mass is 10.1. The summed E-state index contributed by atoms with van der Waals surface area (Å²) in [5, 5.41) is 8.38. The molecule has 2 aliphatic rings. The third kappa shape index (κ3) is 1.65. The SMILES string of the molecule is O=C(N[C@H]1CCNC1=O)C1CCN1. The van der Waals surface area contributed by atoms with Gasteiger partial charge < -0.3 is 16.0 Å². The highest BCUT2D eigenvalue weighted by Crippen LogP contribution is 2.04. The first-order valence-electron chi connectivity index (χ1n) is 4.59. The van der Waals surface area contributed by atoms with Crippen molar-refractivity contribution in [3.8, 4) is 0 Å². The van der Waals surface area contributed by atoms with E-state index in [4.69, 9.17) is 0 Å². The molecule has 0 spiro atoms. The number of nitrogens with one attached hydrogen (secondary N) is 3. The largest absolute Gasteiger partial charge is 0.354 e. The summed E-state index contributed by atoms with van der Waals surface area (Å²) < 4.78 is 0. The summed E-state index contributed by atoms with van der Waals surface area (Å²) in [5.41, 5.74) is 0. The fourth-order valence-corrected chi connectivity index (χ4v) is 1.52. The van der Waals surface area contributed by atoms with Gasteiger partial charge in [-0.05, 0) is 19.4 Å². The van der Waals surface area contributed by atoms with Gasteiger partial charge in [0.2, 0.25) is 11.8 Å². The Balaban J connectivity index is 1.82. The summed E-state index contributed by atoms with van der Waals surface area (Å²) >= 11 is 0. The molecule has 3 N–H and O–H groups in total. The minimum atomic E-state index is -0.310. The maximum Gasteiger partial charge on any atom is 0.242 e. The first kappa shape index (κ1) is 8.50. The molecule has 13 heavy (non-hydrogen) atoms. The van der Waals surface area contributed by atoms with Crippen molar-refractivity contribution in [3.63, 3.8) is 0 Å². The van der Waals surface area contributed by atoms with Crippen LogP contribution in [0.3, 0.4) is 0 Å². The summed E-state index contributed by atoms with van der Waals surface area (Å²) in [6.07, 6.45) is 1.58. The molecular weight excluding hydrogens is 170 g/mol. The lowest BCUT2D eigenvalue weighted by Crippen LogP contribution is -2.56. The van der Waals surface area contributed by atoms with Crippen LogP contribution in [0.25, 0.3) is 0 Å². The summed E-state index contributed by atoms with van der Waals surface area (Å²) in [6, 6.07) is -0.386. The van der Waals surface area contributed by atoms with Crippen LogP contribution in [0, 0.1) is 0 Å². The highest BCUT2D eigenvalue weighted by Gasteiger charge is 2.30. The van der Waals surface area contributed by atoms with Gasteiger partial charge >= 0.3 is 0 Å². The van der Waals surface area contributed by atoms with E-state index in [9.17, 15) is 9.59 Å². The molecule has 2 saturated heterocycles. The molecule has 0 radical (unpaired) electrons. The standard InChI is InChI=1S/C8H13N3O2/c12-7-6(2-4-10-7)11-8(13)5-1-3-9-5/h5-6,9H,1-4H2,(H,10,12)(H,11,13)/t5?,6-/m0/s1. The predicted molar refractivity (Wildman–Crippen MR) is 46.0 cm³/mol. The van der Waals surface area contributed by atoms with Crippen molar-refractivity contribution in [2.45, 2.75) is 24.9 Å². The smallest absolute Gasteiger partial charge is 0.242 e. The lowest BCUT2D eigenvalue weighted by molar-refractivity contribution is -0.129. The number of carbonyl (C=O) groups is 2. The van der Waals surface area contributed by atoms with Crippen LogP contribution in [0.5, 0.6) is 0 Å². The van der Waals surface area contributed by atoms with E-state index in [-0.39, 0.29) is 23.9 Å². The van der Waals surface area contributed by atoms with Crippen molar-refractivity contribution in [1.82, 2.24) is 16.0 Å². The second-order valence-electron chi connectivity index (χ2n) is 3.44. The quantitative estimate of drug-likeness (QED) is 0.480. The zero-order valence-corrected chi connectivity index (χ0v) is 7.30. The predicted octanol–water partition coefficient (Wildman–Crippen LogP) is -1.65. The Kier molecular flexibility index (Phi) is 2.18. The molecule has 0 aromatic carbocycles. The van der Waals surface area contributed by atoms with Crippen LogP contribution in [0.4, 0.5) is 0 Å². The minimum absolute atomic E-state index is 0.0479. The van der Waals surface area contributed by atoms with E-state index < -0.39 is 0 Å². The van der Waals surface area contributed by atoms with Crippen LogP contribution in [0.1, 0.15) is 12.8 Å². The Morgan fingerprint density at radius 1 is 1.38 bits per heavy atom. The molecule has 2 atom stereocenters. The van der Waals surface area contributed by atoms with Gasteiger partial charge in [-0.1, -0.05) is 0 Å². The Labute approximate surface area is 76.3 Å². The average Bonchev–Trinajstić information content (AvgIpc) is 2.32. The minimum Gasteiger partial charge on any atom is -0.354 e. The van der Waals surface area contributed by atoms with Crippen LogP contribution in [-0.2, 0) is 9.59 Å². The molecule has 2 rings (SSSR count). The molecular formula is C8H13N3O2. The van der Waals surface area contributed by atoms with Gasteiger partial charge in [-0.2, -0.15) is 0 Å². The van der Waals surface area contributed by atoms with E-state index >= 15 is 0 Å². The van der Waals surface area contributed by atoms with Crippen molar-refractivity contribution in [2.75, 3.05) is 13.1 Å². The Morgan fingerprint density at radius 3 is 2.62 bits per heavy atom. The van der Waals surface area contributed by atoms with Gasteiger partial charge in [0.05, 0.1) is 6.04 Å². The van der Waals surface area contributed by atoms with Crippen LogP contribution >= 0.6 is 0 Å². The normalized spacial score (nSPS) is 32.2. The second-order valence-corrected chi connectivity index (χ2v) is 3.44. The zero-order chi connectivity index (χ0) is 9.26. The fraction of sp³-hybridized carbons (Fsp3) is 0.750. The van der Waals surface area contributed by atoms with Crippen molar-refractivity contribution in [1.29, 1.82) is 0 Å². The molecule has 2 fully saturated rings. The van der Waals surface area contributed by atoms with E-state index in [0.717, 1.165) is 13.0 Å². The van der Waals surface area contributed by atoms with Gasteiger partial charge in [-0.25, -0.2) is 0 Å². The average molecular weight is 183 g/mol. The topological polar surface area (TPSA) is 70.2 Å². The van der Waals surface area contributed by atoms with Crippen LogP contribution < -0.4 is 16.0 Å². The third-order valence-corrected chi connectivity index (χ3v) is 2.51. The molecule has 2 aliphatic heterocycles. The number of rotatable bonds is 2. The maximum absolute atomic E-state index is 11.4. The summed E-state index contributed by atoms with van der Waals surface area (Å²) in [4.78, 5) is 22.5. The van der Waals surface area contributed by atoms with E-state index in [2.05, 4.69) is 16.0 Å². The third-order valence-electron chi connectivity index (χ3n) is 2.51. The molecule has 2 heterocycles. The lowest BCUT2D eigenvalue weighted by Gasteiger charge is -2.27. The van der Waals surface area contributed by atoms with Gasteiger partial charge in [-0.15, -0.1) is 0 Å². The van der Waals surface area contributed by atoms with Gasteiger partial charge in [0.25, 0.3) is 0 Å². The molecule has 0 aliphatic carbocycles. The van der Waals surface area contributed by atoms with Crippen molar-refractivity contribution in [3.05, 3.63) is 0 Å². The van der Waals surface area contributed by atoms with Gasteiger partial charge in [0, 0.05) is 6.54 Å². The second kappa shape index (κ2) is 3.33. The summed E-state index contributed by atoms with van der Waals surface area (Å²) in [6.45, 7) is 1.57. The number of hydrogen-bond donors (Lipinski definition) is 3. The van der Waals surface area contributed by atoms with Crippen molar-refractivity contribution < 1.29 is 9.59 Å². The first-order chi connectivity index (χ1) is 6.27. The van der Waals surface area contributed by atoms with Gasteiger partial charge in [0.15, 0.2) is 0 Å². The molecule has 0 saturated carbocycles. The molecule has 0 aromatic rings. The van der Waals surface area contributed by atoms with E-state index in [1.165, 1.54) is 0 Å². The molecule has 5 heteroatoms. The number of amides is 2. The Bertz CT molecular complexity index is 238.